The van der Waals surface area contributed by atoms with Gasteiger partial charge in [-0.1, -0.05) is 0 Å². The Balaban J connectivity index is 1.64. The van der Waals surface area contributed by atoms with Crippen LogP contribution >= 0.6 is 0 Å². The molecule has 1 fully saturated rings. The van der Waals surface area contributed by atoms with Gasteiger partial charge in [-0.3, -0.25) is 4.79 Å². The van der Waals surface area contributed by atoms with E-state index in [-0.39, 0.29) is 11.7 Å². The highest BCUT2D eigenvalue weighted by atomic mass is 32.2. The molecule has 1 saturated heterocycles. The molecule has 1 amide bonds. The smallest absolute Gasteiger partial charge is 0.293 e. The summed E-state index contributed by atoms with van der Waals surface area (Å²) in [6, 6.07) is 8.34. The molecule has 2 aliphatic heterocycles. The van der Waals surface area contributed by atoms with Crippen LogP contribution in [0.25, 0.3) is 0 Å². The lowest BCUT2D eigenvalue weighted by Gasteiger charge is -2.18. The minimum atomic E-state index is -3.43. The average molecular weight is 346 g/mol. The first-order valence-corrected chi connectivity index (χ1v) is 9.50. The maximum Gasteiger partial charge on any atom is 0.293 e. The van der Waals surface area contributed by atoms with E-state index in [0.29, 0.717) is 31.0 Å². The SMILES string of the molecule is O=C(c1ccco1)N1CCc2cc(S(=O)(=O)N3CCCC3)ccc21. The van der Waals surface area contributed by atoms with Crippen LogP contribution in [0, 0.1) is 0 Å². The number of fused-ring (bicyclic) bond motifs is 1. The topological polar surface area (TPSA) is 70.8 Å². The van der Waals surface area contributed by atoms with E-state index in [4.69, 9.17) is 4.42 Å². The largest absolute Gasteiger partial charge is 0.459 e. The molecule has 0 bridgehead atoms. The van der Waals surface area contributed by atoms with Gasteiger partial charge >= 0.3 is 0 Å². The first kappa shape index (κ1) is 15.4. The number of carbonyl (C=O) groups excluding carboxylic acids is 1. The molecular weight excluding hydrogens is 328 g/mol. The zero-order chi connectivity index (χ0) is 16.7. The lowest BCUT2D eigenvalue weighted by atomic mass is 10.2. The summed E-state index contributed by atoms with van der Waals surface area (Å²) in [6.07, 6.45) is 3.94. The third-order valence-corrected chi connectivity index (χ3v) is 6.52. The van der Waals surface area contributed by atoms with Gasteiger partial charge in [0.2, 0.25) is 10.0 Å². The minimum Gasteiger partial charge on any atom is -0.459 e. The maximum absolute atomic E-state index is 12.7. The summed E-state index contributed by atoms with van der Waals surface area (Å²) in [6.45, 7) is 1.70. The highest BCUT2D eigenvalue weighted by molar-refractivity contribution is 7.89. The normalized spacial score (nSPS) is 18.1. The Labute approximate surface area is 140 Å². The molecule has 1 aromatic heterocycles. The summed E-state index contributed by atoms with van der Waals surface area (Å²) >= 11 is 0. The maximum atomic E-state index is 12.7. The van der Waals surface area contributed by atoms with Crippen molar-refractivity contribution in [2.24, 2.45) is 0 Å². The Kier molecular flexibility index (Phi) is 3.69. The summed E-state index contributed by atoms with van der Waals surface area (Å²) < 4.78 is 32.0. The number of amides is 1. The van der Waals surface area contributed by atoms with Crippen molar-refractivity contribution in [2.45, 2.75) is 24.2 Å². The van der Waals surface area contributed by atoms with Crippen LogP contribution in [-0.2, 0) is 16.4 Å². The number of hydrogen-bond acceptors (Lipinski definition) is 4. The van der Waals surface area contributed by atoms with Gasteiger partial charge in [-0.05, 0) is 55.2 Å². The zero-order valence-electron chi connectivity index (χ0n) is 13.1. The van der Waals surface area contributed by atoms with E-state index >= 15 is 0 Å². The molecule has 0 aliphatic carbocycles. The fourth-order valence-electron chi connectivity index (χ4n) is 3.36. The van der Waals surface area contributed by atoms with Crippen molar-refractivity contribution >= 4 is 21.6 Å². The van der Waals surface area contributed by atoms with Crippen LogP contribution in [0.2, 0.25) is 0 Å². The van der Waals surface area contributed by atoms with E-state index in [1.807, 2.05) is 0 Å². The highest BCUT2D eigenvalue weighted by Crippen LogP contribution is 2.32. The van der Waals surface area contributed by atoms with Gasteiger partial charge in [-0.15, -0.1) is 0 Å². The second-order valence-corrected chi connectivity index (χ2v) is 8.02. The Hall–Kier alpha value is -2.12. The summed E-state index contributed by atoms with van der Waals surface area (Å²) in [5.74, 6) is 0.0884. The molecular formula is C17H18N2O4S. The Morgan fingerprint density at radius 2 is 1.88 bits per heavy atom. The predicted octanol–water partition coefficient (Wildman–Crippen LogP) is 2.27. The Bertz CT molecular complexity index is 868. The molecule has 0 spiro atoms. The molecule has 2 aromatic rings. The van der Waals surface area contributed by atoms with Crippen molar-refractivity contribution in [1.29, 1.82) is 0 Å². The lowest BCUT2D eigenvalue weighted by Crippen LogP contribution is -2.29. The van der Waals surface area contributed by atoms with E-state index in [0.717, 1.165) is 24.1 Å². The van der Waals surface area contributed by atoms with Gasteiger partial charge in [0.05, 0.1) is 11.2 Å². The van der Waals surface area contributed by atoms with E-state index in [1.54, 1.807) is 35.2 Å². The van der Waals surface area contributed by atoms with Gasteiger partial charge in [0.25, 0.3) is 5.91 Å². The van der Waals surface area contributed by atoms with E-state index in [1.165, 1.54) is 10.6 Å². The van der Waals surface area contributed by atoms with Crippen LogP contribution in [0.3, 0.4) is 0 Å². The van der Waals surface area contributed by atoms with Crippen molar-refractivity contribution in [1.82, 2.24) is 4.31 Å². The van der Waals surface area contributed by atoms with Crippen LogP contribution in [0.15, 0.2) is 45.9 Å². The molecule has 0 N–H and O–H groups in total. The number of hydrogen-bond donors (Lipinski definition) is 0. The first-order chi connectivity index (χ1) is 11.6. The number of rotatable bonds is 3. The van der Waals surface area contributed by atoms with Crippen LogP contribution in [0.5, 0.6) is 0 Å². The summed E-state index contributed by atoms with van der Waals surface area (Å²) in [5.41, 5.74) is 1.65. The molecule has 0 atom stereocenters. The number of anilines is 1. The second kappa shape index (κ2) is 5.75. The number of benzene rings is 1. The van der Waals surface area contributed by atoms with E-state index in [9.17, 15) is 13.2 Å². The highest BCUT2D eigenvalue weighted by Gasteiger charge is 2.31. The molecule has 0 radical (unpaired) electrons. The van der Waals surface area contributed by atoms with E-state index in [2.05, 4.69) is 0 Å². The first-order valence-electron chi connectivity index (χ1n) is 8.06. The summed E-state index contributed by atoms with van der Waals surface area (Å²) in [4.78, 5) is 14.4. The predicted molar refractivity (Wildman–Crippen MR) is 88.5 cm³/mol. The molecule has 2 aliphatic rings. The standard InChI is InChI=1S/C17H18N2O4S/c20-17(16-4-3-11-23-16)19-10-7-13-12-14(5-6-15(13)19)24(21,22)18-8-1-2-9-18/h3-6,11-12H,1-2,7-10H2. The van der Waals surface area contributed by atoms with Crippen molar-refractivity contribution in [3.63, 3.8) is 0 Å². The molecule has 4 rings (SSSR count). The molecule has 1 aromatic carbocycles. The van der Waals surface area contributed by atoms with Crippen molar-refractivity contribution in [2.75, 3.05) is 24.5 Å². The van der Waals surface area contributed by atoms with Crippen molar-refractivity contribution in [3.05, 3.63) is 47.9 Å². The number of carbonyl (C=O) groups is 1. The molecule has 7 heteroatoms. The Morgan fingerprint density at radius 3 is 2.58 bits per heavy atom. The molecule has 0 unspecified atom stereocenters. The second-order valence-electron chi connectivity index (χ2n) is 6.09. The number of nitrogens with zero attached hydrogens (tertiary/aromatic N) is 2. The monoisotopic (exact) mass is 346 g/mol. The average Bonchev–Trinajstić information content (AvgIpc) is 3.34. The lowest BCUT2D eigenvalue weighted by molar-refractivity contribution is 0.0963. The van der Waals surface area contributed by atoms with Crippen molar-refractivity contribution in [3.8, 4) is 0 Å². The molecule has 0 saturated carbocycles. The fraction of sp³-hybridized carbons (Fsp3) is 0.353. The van der Waals surface area contributed by atoms with Crippen LogP contribution in [0.4, 0.5) is 5.69 Å². The molecule has 6 nitrogen and oxygen atoms in total. The van der Waals surface area contributed by atoms with Crippen LogP contribution in [-0.4, -0.2) is 38.3 Å². The van der Waals surface area contributed by atoms with Gasteiger partial charge in [0.15, 0.2) is 5.76 Å². The Morgan fingerprint density at radius 1 is 1.08 bits per heavy atom. The molecule has 3 heterocycles. The minimum absolute atomic E-state index is 0.200. The van der Waals surface area contributed by atoms with Gasteiger partial charge in [-0.2, -0.15) is 4.31 Å². The molecule has 24 heavy (non-hydrogen) atoms. The third-order valence-electron chi connectivity index (χ3n) is 4.63. The quantitative estimate of drug-likeness (QED) is 0.855. The molecule has 126 valence electrons. The van der Waals surface area contributed by atoms with Gasteiger partial charge in [-0.25, -0.2) is 8.42 Å². The summed E-state index contributed by atoms with van der Waals surface area (Å²) in [7, 11) is -3.43. The van der Waals surface area contributed by atoms with Crippen molar-refractivity contribution < 1.29 is 17.6 Å². The van der Waals surface area contributed by atoms with Gasteiger partial charge < -0.3 is 9.32 Å². The number of furan rings is 1. The number of sulfonamides is 1. The zero-order valence-corrected chi connectivity index (χ0v) is 14.0. The fourth-order valence-corrected chi connectivity index (χ4v) is 4.93. The summed E-state index contributed by atoms with van der Waals surface area (Å²) in [5, 5.41) is 0. The third kappa shape index (κ3) is 2.44. The van der Waals surface area contributed by atoms with Crippen LogP contribution < -0.4 is 4.90 Å². The van der Waals surface area contributed by atoms with Gasteiger partial charge in [0.1, 0.15) is 0 Å². The van der Waals surface area contributed by atoms with E-state index < -0.39 is 10.0 Å². The van der Waals surface area contributed by atoms with Crippen LogP contribution in [0.1, 0.15) is 29.0 Å². The van der Waals surface area contributed by atoms with Gasteiger partial charge in [0, 0.05) is 25.3 Å².